The molecule has 0 saturated carbocycles. The van der Waals surface area contributed by atoms with Crippen molar-refractivity contribution in [3.63, 3.8) is 0 Å². The first kappa shape index (κ1) is 11.0. The molecule has 1 aromatic carbocycles. The Hall–Kier alpha value is -1.51. The molecule has 1 heterocycles. The van der Waals surface area contributed by atoms with E-state index in [1.165, 1.54) is 5.56 Å². The molecule has 0 atom stereocenters. The third-order valence-corrected chi connectivity index (χ3v) is 2.68. The lowest BCUT2D eigenvalue weighted by Gasteiger charge is -2.13. The van der Waals surface area contributed by atoms with Crippen molar-refractivity contribution in [2.75, 3.05) is 10.6 Å². The third kappa shape index (κ3) is 2.54. The summed E-state index contributed by atoms with van der Waals surface area (Å²) in [6.07, 6.45) is 2.53. The van der Waals surface area contributed by atoms with Gasteiger partial charge < -0.3 is 10.6 Å². The fourth-order valence-electron chi connectivity index (χ4n) is 2.00. The second kappa shape index (κ2) is 4.56. The van der Waals surface area contributed by atoms with Crippen LogP contribution in [0.1, 0.15) is 32.3 Å². The molecule has 0 unspecified atom stereocenters. The van der Waals surface area contributed by atoms with E-state index in [1.807, 2.05) is 12.1 Å². The number of aryl methyl sites for hydroxylation is 1. The summed E-state index contributed by atoms with van der Waals surface area (Å²) >= 11 is 0. The SMILES string of the molecule is CC(C)Nc1ccc2c(c1)CCCC(=O)N2. The van der Waals surface area contributed by atoms with Gasteiger partial charge >= 0.3 is 0 Å². The maximum absolute atomic E-state index is 11.4. The molecule has 0 spiro atoms. The number of nitrogens with one attached hydrogen (secondary N) is 2. The number of rotatable bonds is 2. The predicted octanol–water partition coefficient (Wildman–Crippen LogP) is 2.78. The number of carbonyl (C=O) groups is 1. The summed E-state index contributed by atoms with van der Waals surface area (Å²) in [5, 5.41) is 6.31. The van der Waals surface area contributed by atoms with Crippen molar-refractivity contribution in [3.05, 3.63) is 23.8 Å². The molecule has 1 amide bonds. The molecule has 1 aromatic rings. The van der Waals surface area contributed by atoms with Crippen molar-refractivity contribution in [1.82, 2.24) is 0 Å². The standard InChI is InChI=1S/C13H18N2O/c1-9(2)14-11-6-7-12-10(8-11)4-3-5-13(16)15-12/h6-9,14H,3-5H2,1-2H3,(H,15,16). The lowest BCUT2D eigenvalue weighted by molar-refractivity contribution is -0.116. The number of benzene rings is 1. The van der Waals surface area contributed by atoms with Crippen LogP contribution in [0.4, 0.5) is 11.4 Å². The first-order chi connectivity index (χ1) is 7.65. The molecule has 1 aliphatic rings. The molecule has 0 fully saturated rings. The molecule has 1 aliphatic heterocycles. The topological polar surface area (TPSA) is 41.1 Å². The number of hydrogen-bond acceptors (Lipinski definition) is 2. The molecule has 0 aromatic heterocycles. The van der Waals surface area contributed by atoms with Crippen LogP contribution >= 0.6 is 0 Å². The zero-order valence-corrected chi connectivity index (χ0v) is 9.84. The van der Waals surface area contributed by atoms with Gasteiger partial charge in [-0.15, -0.1) is 0 Å². The van der Waals surface area contributed by atoms with E-state index in [0.29, 0.717) is 12.5 Å². The van der Waals surface area contributed by atoms with Crippen molar-refractivity contribution in [2.45, 2.75) is 39.2 Å². The van der Waals surface area contributed by atoms with Gasteiger partial charge in [0.2, 0.25) is 5.91 Å². The summed E-state index contributed by atoms with van der Waals surface area (Å²) in [4.78, 5) is 11.4. The fraction of sp³-hybridized carbons (Fsp3) is 0.462. The van der Waals surface area contributed by atoms with Gasteiger partial charge in [0.1, 0.15) is 0 Å². The van der Waals surface area contributed by atoms with Crippen LogP contribution in [0.3, 0.4) is 0 Å². The highest BCUT2D eigenvalue weighted by atomic mass is 16.1. The van der Waals surface area contributed by atoms with Crippen molar-refractivity contribution in [1.29, 1.82) is 0 Å². The monoisotopic (exact) mass is 218 g/mol. The Morgan fingerprint density at radius 3 is 2.88 bits per heavy atom. The molecule has 0 aliphatic carbocycles. The first-order valence-electron chi connectivity index (χ1n) is 5.84. The first-order valence-corrected chi connectivity index (χ1v) is 5.84. The molecule has 2 rings (SSSR count). The molecule has 3 heteroatoms. The van der Waals surface area contributed by atoms with Crippen LogP contribution in [0.25, 0.3) is 0 Å². The number of fused-ring (bicyclic) bond motifs is 1. The Morgan fingerprint density at radius 2 is 2.12 bits per heavy atom. The minimum atomic E-state index is 0.128. The normalized spacial score (nSPS) is 15.3. The molecular formula is C13H18N2O. The summed E-state index contributed by atoms with van der Waals surface area (Å²) in [5.74, 6) is 0.128. The summed E-state index contributed by atoms with van der Waals surface area (Å²) in [7, 11) is 0. The number of carbonyl (C=O) groups excluding carboxylic acids is 1. The Morgan fingerprint density at radius 1 is 1.31 bits per heavy atom. The van der Waals surface area contributed by atoms with Gasteiger partial charge in [-0.1, -0.05) is 0 Å². The Labute approximate surface area is 96.2 Å². The zero-order valence-electron chi connectivity index (χ0n) is 9.84. The van der Waals surface area contributed by atoms with Crippen LogP contribution in [-0.2, 0) is 11.2 Å². The Kier molecular flexibility index (Phi) is 3.13. The van der Waals surface area contributed by atoms with E-state index in [9.17, 15) is 4.79 Å². The van der Waals surface area contributed by atoms with E-state index in [4.69, 9.17) is 0 Å². The maximum atomic E-state index is 11.4. The summed E-state index contributed by atoms with van der Waals surface area (Å²) in [6, 6.07) is 6.58. The third-order valence-electron chi connectivity index (χ3n) is 2.68. The average molecular weight is 218 g/mol. The molecule has 0 saturated heterocycles. The molecule has 0 bridgehead atoms. The highest BCUT2D eigenvalue weighted by molar-refractivity contribution is 5.92. The van der Waals surface area contributed by atoms with Gasteiger partial charge in [0.15, 0.2) is 0 Å². The van der Waals surface area contributed by atoms with E-state index in [2.05, 4.69) is 30.5 Å². The van der Waals surface area contributed by atoms with Crippen LogP contribution in [-0.4, -0.2) is 11.9 Å². The van der Waals surface area contributed by atoms with Gasteiger partial charge in [-0.3, -0.25) is 4.79 Å². The highest BCUT2D eigenvalue weighted by Crippen LogP contribution is 2.25. The smallest absolute Gasteiger partial charge is 0.224 e. The second-order valence-electron chi connectivity index (χ2n) is 4.57. The minimum Gasteiger partial charge on any atom is -0.383 e. The van der Waals surface area contributed by atoms with Gasteiger partial charge in [0, 0.05) is 23.8 Å². The molecule has 86 valence electrons. The van der Waals surface area contributed by atoms with Crippen LogP contribution < -0.4 is 10.6 Å². The van der Waals surface area contributed by atoms with Crippen LogP contribution in [0.2, 0.25) is 0 Å². The van der Waals surface area contributed by atoms with E-state index in [1.54, 1.807) is 0 Å². The van der Waals surface area contributed by atoms with Crippen molar-refractivity contribution in [3.8, 4) is 0 Å². The van der Waals surface area contributed by atoms with Crippen molar-refractivity contribution < 1.29 is 4.79 Å². The highest BCUT2D eigenvalue weighted by Gasteiger charge is 2.12. The molecule has 3 nitrogen and oxygen atoms in total. The largest absolute Gasteiger partial charge is 0.383 e. The lowest BCUT2D eigenvalue weighted by atomic mass is 10.1. The van der Waals surface area contributed by atoms with E-state index < -0.39 is 0 Å². The van der Waals surface area contributed by atoms with Crippen molar-refractivity contribution >= 4 is 17.3 Å². The van der Waals surface area contributed by atoms with Crippen LogP contribution in [0.5, 0.6) is 0 Å². The Balaban J connectivity index is 2.24. The van der Waals surface area contributed by atoms with E-state index >= 15 is 0 Å². The second-order valence-corrected chi connectivity index (χ2v) is 4.57. The van der Waals surface area contributed by atoms with Crippen LogP contribution in [0.15, 0.2) is 18.2 Å². The van der Waals surface area contributed by atoms with Crippen LogP contribution in [0, 0.1) is 0 Å². The summed E-state index contributed by atoms with van der Waals surface area (Å²) < 4.78 is 0. The van der Waals surface area contributed by atoms with Gasteiger partial charge in [0.05, 0.1) is 0 Å². The number of anilines is 2. The zero-order chi connectivity index (χ0) is 11.5. The summed E-state index contributed by atoms with van der Waals surface area (Å²) in [6.45, 7) is 4.24. The predicted molar refractivity (Wildman–Crippen MR) is 66.8 cm³/mol. The van der Waals surface area contributed by atoms with E-state index in [0.717, 1.165) is 24.2 Å². The van der Waals surface area contributed by atoms with Gasteiger partial charge in [0.25, 0.3) is 0 Å². The fourth-order valence-corrected chi connectivity index (χ4v) is 2.00. The van der Waals surface area contributed by atoms with Gasteiger partial charge in [-0.2, -0.15) is 0 Å². The molecular weight excluding hydrogens is 200 g/mol. The van der Waals surface area contributed by atoms with E-state index in [-0.39, 0.29) is 5.91 Å². The van der Waals surface area contributed by atoms with Crippen molar-refractivity contribution in [2.24, 2.45) is 0 Å². The summed E-state index contributed by atoms with van der Waals surface area (Å²) in [5.41, 5.74) is 3.33. The maximum Gasteiger partial charge on any atom is 0.224 e. The lowest BCUT2D eigenvalue weighted by Crippen LogP contribution is -2.11. The number of amides is 1. The molecule has 0 radical (unpaired) electrons. The minimum absolute atomic E-state index is 0.128. The van der Waals surface area contributed by atoms with Gasteiger partial charge in [-0.05, 0) is 50.5 Å². The van der Waals surface area contributed by atoms with Gasteiger partial charge in [-0.25, -0.2) is 0 Å². The average Bonchev–Trinajstić information content (AvgIpc) is 2.37. The quantitative estimate of drug-likeness (QED) is 0.801. The Bertz CT molecular complexity index is 399. The molecule has 16 heavy (non-hydrogen) atoms. The molecule has 2 N–H and O–H groups in total. The number of hydrogen-bond donors (Lipinski definition) is 2.